The van der Waals surface area contributed by atoms with Crippen LogP contribution in [0.4, 0.5) is 30.5 Å². The van der Waals surface area contributed by atoms with Crippen molar-refractivity contribution < 1.29 is 13.2 Å². The third-order valence-corrected chi connectivity index (χ3v) is 3.49. The Morgan fingerprint density at radius 3 is 2.28 bits per heavy atom. The Morgan fingerprint density at radius 2 is 1.52 bits per heavy atom. The summed E-state index contributed by atoms with van der Waals surface area (Å²) < 4.78 is 39.5. The SMILES string of the molecule is Fc1ccc(CCNc2cc(Nc3ccc(F)cc3F)ncn2)cc1. The van der Waals surface area contributed by atoms with Gasteiger partial charge in [-0.1, -0.05) is 12.1 Å². The van der Waals surface area contributed by atoms with Crippen LogP contribution in [0.2, 0.25) is 0 Å². The van der Waals surface area contributed by atoms with Crippen molar-refractivity contribution in [2.45, 2.75) is 6.42 Å². The quantitative estimate of drug-likeness (QED) is 0.700. The van der Waals surface area contributed by atoms with Gasteiger partial charge in [0, 0.05) is 18.7 Å². The van der Waals surface area contributed by atoms with E-state index in [1.54, 1.807) is 18.2 Å². The molecule has 2 N–H and O–H groups in total. The third kappa shape index (κ3) is 4.69. The first-order valence-corrected chi connectivity index (χ1v) is 7.62. The van der Waals surface area contributed by atoms with E-state index in [0.717, 1.165) is 17.7 Å². The first kappa shape index (κ1) is 16.8. The minimum Gasteiger partial charge on any atom is -0.370 e. The molecule has 0 aliphatic heterocycles. The first-order valence-electron chi connectivity index (χ1n) is 7.62. The molecule has 0 spiro atoms. The molecule has 0 radical (unpaired) electrons. The van der Waals surface area contributed by atoms with Crippen LogP contribution in [-0.4, -0.2) is 16.5 Å². The molecule has 1 heterocycles. The van der Waals surface area contributed by atoms with Gasteiger partial charge in [-0.15, -0.1) is 0 Å². The first-order chi connectivity index (χ1) is 12.1. The van der Waals surface area contributed by atoms with Crippen LogP contribution in [0.5, 0.6) is 0 Å². The maximum absolute atomic E-state index is 13.7. The van der Waals surface area contributed by atoms with E-state index in [1.807, 2.05) is 0 Å². The second-order valence-corrected chi connectivity index (χ2v) is 5.34. The van der Waals surface area contributed by atoms with Crippen LogP contribution in [0.15, 0.2) is 54.9 Å². The summed E-state index contributed by atoms with van der Waals surface area (Å²) in [6.45, 7) is 0.590. The minimum atomic E-state index is -0.704. The molecule has 1 aromatic heterocycles. The van der Waals surface area contributed by atoms with Crippen LogP contribution >= 0.6 is 0 Å². The highest BCUT2D eigenvalue weighted by molar-refractivity contribution is 5.59. The average Bonchev–Trinajstić information content (AvgIpc) is 2.60. The number of nitrogens with one attached hydrogen (secondary N) is 2. The molecule has 0 bridgehead atoms. The van der Waals surface area contributed by atoms with Crippen molar-refractivity contribution in [3.8, 4) is 0 Å². The zero-order valence-electron chi connectivity index (χ0n) is 13.1. The minimum absolute atomic E-state index is 0.123. The van der Waals surface area contributed by atoms with Gasteiger partial charge in [-0.25, -0.2) is 23.1 Å². The van der Waals surface area contributed by atoms with E-state index in [0.29, 0.717) is 24.6 Å². The maximum Gasteiger partial charge on any atom is 0.149 e. The van der Waals surface area contributed by atoms with Crippen molar-refractivity contribution in [2.75, 3.05) is 17.2 Å². The lowest BCUT2D eigenvalue weighted by Gasteiger charge is -2.09. The summed E-state index contributed by atoms with van der Waals surface area (Å²) in [5, 5.41) is 5.90. The highest BCUT2D eigenvalue weighted by Crippen LogP contribution is 2.20. The van der Waals surface area contributed by atoms with E-state index in [2.05, 4.69) is 20.6 Å². The summed E-state index contributed by atoms with van der Waals surface area (Å²) >= 11 is 0. The highest BCUT2D eigenvalue weighted by Gasteiger charge is 2.06. The van der Waals surface area contributed by atoms with Crippen molar-refractivity contribution >= 4 is 17.3 Å². The molecule has 4 nitrogen and oxygen atoms in total. The summed E-state index contributed by atoms with van der Waals surface area (Å²) in [5.41, 5.74) is 1.12. The molecule has 7 heteroatoms. The molecule has 0 saturated carbocycles. The number of aromatic nitrogens is 2. The molecular weight excluding hydrogens is 329 g/mol. The molecule has 25 heavy (non-hydrogen) atoms. The Hall–Kier alpha value is -3.09. The molecule has 0 amide bonds. The molecule has 0 aliphatic rings. The maximum atomic E-state index is 13.7. The van der Waals surface area contributed by atoms with Gasteiger partial charge in [0.25, 0.3) is 0 Å². The number of rotatable bonds is 6. The molecule has 2 aromatic carbocycles. The van der Waals surface area contributed by atoms with E-state index in [4.69, 9.17) is 0 Å². The highest BCUT2D eigenvalue weighted by atomic mass is 19.1. The Morgan fingerprint density at radius 1 is 0.800 bits per heavy atom. The fraction of sp³-hybridized carbons (Fsp3) is 0.111. The Kier molecular flexibility index (Phi) is 5.13. The topological polar surface area (TPSA) is 49.8 Å². The van der Waals surface area contributed by atoms with Gasteiger partial charge in [-0.05, 0) is 36.2 Å². The van der Waals surface area contributed by atoms with E-state index in [-0.39, 0.29) is 11.5 Å². The van der Waals surface area contributed by atoms with Crippen LogP contribution in [0.25, 0.3) is 0 Å². The number of nitrogens with zero attached hydrogens (tertiary/aromatic N) is 2. The predicted molar refractivity (Wildman–Crippen MR) is 90.3 cm³/mol. The normalized spacial score (nSPS) is 10.5. The second kappa shape index (κ2) is 7.65. The molecule has 3 aromatic rings. The summed E-state index contributed by atoms with van der Waals surface area (Å²) in [6.07, 6.45) is 2.03. The summed E-state index contributed by atoms with van der Waals surface area (Å²) in [4.78, 5) is 8.10. The van der Waals surface area contributed by atoms with E-state index in [9.17, 15) is 13.2 Å². The number of halogens is 3. The molecule has 0 atom stereocenters. The Balaban J connectivity index is 1.60. The van der Waals surface area contributed by atoms with Crippen LogP contribution < -0.4 is 10.6 Å². The molecule has 0 fully saturated rings. The van der Waals surface area contributed by atoms with Gasteiger partial charge in [0.05, 0.1) is 5.69 Å². The van der Waals surface area contributed by atoms with Crippen molar-refractivity contribution in [2.24, 2.45) is 0 Å². The summed E-state index contributed by atoms with van der Waals surface area (Å²) in [7, 11) is 0. The van der Waals surface area contributed by atoms with Gasteiger partial charge in [-0.2, -0.15) is 0 Å². The van der Waals surface area contributed by atoms with Gasteiger partial charge in [0.1, 0.15) is 35.4 Å². The lowest BCUT2D eigenvalue weighted by atomic mass is 10.1. The zero-order chi connectivity index (χ0) is 17.6. The molecule has 128 valence electrons. The number of hydrogen-bond acceptors (Lipinski definition) is 4. The number of anilines is 3. The van der Waals surface area contributed by atoms with E-state index < -0.39 is 11.6 Å². The lowest BCUT2D eigenvalue weighted by molar-refractivity contribution is 0.586. The van der Waals surface area contributed by atoms with Crippen molar-refractivity contribution in [1.29, 1.82) is 0 Å². The van der Waals surface area contributed by atoms with Gasteiger partial charge in [0.15, 0.2) is 0 Å². The lowest BCUT2D eigenvalue weighted by Crippen LogP contribution is -2.07. The van der Waals surface area contributed by atoms with Crippen LogP contribution in [0.3, 0.4) is 0 Å². The predicted octanol–water partition coefficient (Wildman–Crippen LogP) is 4.29. The van der Waals surface area contributed by atoms with Gasteiger partial charge < -0.3 is 10.6 Å². The fourth-order valence-corrected chi connectivity index (χ4v) is 2.24. The van der Waals surface area contributed by atoms with E-state index in [1.165, 1.54) is 24.5 Å². The zero-order valence-corrected chi connectivity index (χ0v) is 13.1. The van der Waals surface area contributed by atoms with Gasteiger partial charge in [-0.3, -0.25) is 0 Å². The van der Waals surface area contributed by atoms with E-state index >= 15 is 0 Å². The fourth-order valence-electron chi connectivity index (χ4n) is 2.24. The molecular formula is C18H15F3N4. The van der Waals surface area contributed by atoms with Crippen LogP contribution in [0.1, 0.15) is 5.56 Å². The molecule has 0 unspecified atom stereocenters. The monoisotopic (exact) mass is 344 g/mol. The van der Waals surface area contributed by atoms with Crippen LogP contribution in [-0.2, 0) is 6.42 Å². The molecule has 3 rings (SSSR count). The number of hydrogen-bond donors (Lipinski definition) is 2. The summed E-state index contributed by atoms with van der Waals surface area (Å²) in [6, 6.07) is 11.2. The molecule has 0 aliphatic carbocycles. The van der Waals surface area contributed by atoms with Gasteiger partial charge in [0.2, 0.25) is 0 Å². The smallest absolute Gasteiger partial charge is 0.149 e. The van der Waals surface area contributed by atoms with Crippen molar-refractivity contribution in [3.05, 3.63) is 77.9 Å². The van der Waals surface area contributed by atoms with Crippen LogP contribution in [0, 0.1) is 17.5 Å². The van der Waals surface area contributed by atoms with Gasteiger partial charge >= 0.3 is 0 Å². The Bertz CT molecular complexity index is 853. The van der Waals surface area contributed by atoms with Crippen molar-refractivity contribution in [3.63, 3.8) is 0 Å². The largest absolute Gasteiger partial charge is 0.370 e. The summed E-state index contributed by atoms with van der Waals surface area (Å²) in [5.74, 6) is -0.679. The average molecular weight is 344 g/mol. The molecule has 0 saturated heterocycles. The second-order valence-electron chi connectivity index (χ2n) is 5.34. The number of benzene rings is 2. The van der Waals surface area contributed by atoms with Crippen molar-refractivity contribution in [1.82, 2.24) is 9.97 Å². The standard InChI is InChI=1S/C18H15F3N4/c19-13-3-1-12(2-4-13)7-8-22-17-10-18(24-11-23-17)25-16-6-5-14(20)9-15(16)21/h1-6,9-11H,7-8H2,(H2,22,23,24,25). The third-order valence-electron chi connectivity index (χ3n) is 3.49. The Labute approximate surface area is 142 Å².